The second-order valence-electron chi connectivity index (χ2n) is 5.42. The summed E-state index contributed by atoms with van der Waals surface area (Å²) in [5.41, 5.74) is 8.94. The summed E-state index contributed by atoms with van der Waals surface area (Å²) in [6, 6.07) is 19.3. The Balaban J connectivity index is 2.03. The number of benzene rings is 2. The van der Waals surface area contributed by atoms with Gasteiger partial charge in [-0.15, -0.1) is 0 Å². The van der Waals surface area contributed by atoms with Gasteiger partial charge in [0.2, 0.25) is 0 Å². The van der Waals surface area contributed by atoms with E-state index in [0.717, 1.165) is 16.6 Å². The molecule has 0 aliphatic carbocycles. The lowest BCUT2D eigenvalue weighted by molar-refractivity contribution is -0.138. The molecule has 0 saturated carbocycles. The molecule has 3 aromatic rings. The third-order valence-corrected chi connectivity index (χ3v) is 3.83. The molecule has 112 valence electrons. The number of carbonyl (C=O) groups is 1. The Kier molecular flexibility index (Phi) is 3.94. The van der Waals surface area contributed by atoms with Crippen molar-refractivity contribution < 1.29 is 9.90 Å². The van der Waals surface area contributed by atoms with Crippen molar-refractivity contribution in [2.24, 2.45) is 5.73 Å². The number of rotatable bonds is 5. The molecule has 0 aliphatic rings. The van der Waals surface area contributed by atoms with Crippen molar-refractivity contribution in [1.29, 1.82) is 0 Å². The fraction of sp³-hybridized carbons (Fsp3) is 0.167. The topological polar surface area (TPSA) is 68.2 Å². The zero-order valence-electron chi connectivity index (χ0n) is 12.1. The van der Waals surface area contributed by atoms with E-state index in [-0.39, 0.29) is 0 Å². The summed E-state index contributed by atoms with van der Waals surface area (Å²) in [6.45, 7) is 0.704. The molecule has 0 fully saturated rings. The second-order valence-corrected chi connectivity index (χ2v) is 5.42. The van der Waals surface area contributed by atoms with Crippen LogP contribution in [0.5, 0.6) is 0 Å². The SMILES string of the molecule is N[C@@H](Cc1cc2ccccc2n1Cc1ccccc1)C(=O)O. The first kappa shape index (κ1) is 14.4. The van der Waals surface area contributed by atoms with Crippen molar-refractivity contribution in [1.82, 2.24) is 4.57 Å². The van der Waals surface area contributed by atoms with Gasteiger partial charge in [0.15, 0.2) is 0 Å². The highest BCUT2D eigenvalue weighted by molar-refractivity contribution is 5.82. The van der Waals surface area contributed by atoms with Crippen molar-refractivity contribution in [3.63, 3.8) is 0 Å². The fourth-order valence-electron chi connectivity index (χ4n) is 2.70. The predicted octanol–water partition coefficient (Wildman–Crippen LogP) is 2.64. The van der Waals surface area contributed by atoms with Crippen molar-refractivity contribution >= 4 is 16.9 Å². The highest BCUT2D eigenvalue weighted by Gasteiger charge is 2.16. The van der Waals surface area contributed by atoms with Gasteiger partial charge in [-0.2, -0.15) is 0 Å². The van der Waals surface area contributed by atoms with Crippen molar-refractivity contribution in [2.75, 3.05) is 0 Å². The number of para-hydroxylation sites is 1. The summed E-state index contributed by atoms with van der Waals surface area (Å²) in [5, 5.41) is 10.2. The number of nitrogens with two attached hydrogens (primary N) is 1. The molecule has 0 unspecified atom stereocenters. The average Bonchev–Trinajstić information content (AvgIpc) is 2.86. The first-order chi connectivity index (χ1) is 10.6. The molecule has 4 heteroatoms. The molecule has 0 amide bonds. The van der Waals surface area contributed by atoms with Crippen LogP contribution in [-0.2, 0) is 17.8 Å². The number of fused-ring (bicyclic) bond motifs is 1. The van der Waals surface area contributed by atoms with Gasteiger partial charge in [0.05, 0.1) is 0 Å². The lowest BCUT2D eigenvalue weighted by Gasteiger charge is -2.13. The van der Waals surface area contributed by atoms with E-state index in [1.165, 1.54) is 5.56 Å². The molecule has 1 aromatic heterocycles. The molecule has 2 aromatic carbocycles. The standard InChI is InChI=1S/C18H18N2O2/c19-16(18(21)22)11-15-10-14-8-4-5-9-17(14)20(15)12-13-6-2-1-3-7-13/h1-10,16H,11-12,19H2,(H,21,22)/t16-/m0/s1. The summed E-state index contributed by atoms with van der Waals surface area (Å²) < 4.78 is 2.15. The van der Waals surface area contributed by atoms with E-state index in [1.54, 1.807) is 0 Å². The Morgan fingerprint density at radius 1 is 1.09 bits per heavy atom. The van der Waals surface area contributed by atoms with Gasteiger partial charge in [-0.05, 0) is 23.1 Å². The van der Waals surface area contributed by atoms with Crippen LogP contribution in [0.4, 0.5) is 0 Å². The smallest absolute Gasteiger partial charge is 0.320 e. The second kappa shape index (κ2) is 6.03. The Hall–Kier alpha value is -2.59. The highest BCUT2D eigenvalue weighted by Crippen LogP contribution is 2.22. The minimum absolute atomic E-state index is 0.316. The Bertz CT molecular complexity index is 793. The maximum absolute atomic E-state index is 11.1. The first-order valence-corrected chi connectivity index (χ1v) is 7.24. The number of aliphatic carboxylic acids is 1. The van der Waals surface area contributed by atoms with E-state index < -0.39 is 12.0 Å². The minimum Gasteiger partial charge on any atom is -0.480 e. The molecular formula is C18H18N2O2. The molecule has 0 aliphatic heterocycles. The molecule has 3 N–H and O–H groups in total. The van der Waals surface area contributed by atoms with Gasteiger partial charge in [-0.3, -0.25) is 4.79 Å². The predicted molar refractivity (Wildman–Crippen MR) is 86.8 cm³/mol. The third-order valence-electron chi connectivity index (χ3n) is 3.83. The Morgan fingerprint density at radius 3 is 2.50 bits per heavy atom. The van der Waals surface area contributed by atoms with Gasteiger partial charge in [0, 0.05) is 24.2 Å². The van der Waals surface area contributed by atoms with E-state index in [1.807, 2.05) is 48.5 Å². The zero-order chi connectivity index (χ0) is 15.5. The molecule has 0 radical (unpaired) electrons. The van der Waals surface area contributed by atoms with Crippen molar-refractivity contribution in [3.05, 3.63) is 71.9 Å². The molecule has 0 spiro atoms. The lowest BCUT2D eigenvalue weighted by Crippen LogP contribution is -2.33. The highest BCUT2D eigenvalue weighted by atomic mass is 16.4. The monoisotopic (exact) mass is 294 g/mol. The summed E-state index contributed by atoms with van der Waals surface area (Å²) >= 11 is 0. The molecule has 0 bridgehead atoms. The number of carboxylic acid groups (broad SMARTS) is 1. The number of carboxylic acids is 1. The van der Waals surface area contributed by atoms with Crippen LogP contribution < -0.4 is 5.73 Å². The van der Waals surface area contributed by atoms with Crippen LogP contribution in [-0.4, -0.2) is 21.7 Å². The van der Waals surface area contributed by atoms with Crippen LogP contribution in [0.3, 0.4) is 0 Å². The Morgan fingerprint density at radius 2 is 1.77 bits per heavy atom. The average molecular weight is 294 g/mol. The largest absolute Gasteiger partial charge is 0.480 e. The number of hydrogen-bond acceptors (Lipinski definition) is 2. The minimum atomic E-state index is -0.975. The summed E-state index contributed by atoms with van der Waals surface area (Å²) in [7, 11) is 0. The van der Waals surface area contributed by atoms with Crippen LogP contribution in [0.25, 0.3) is 10.9 Å². The molecule has 1 atom stereocenters. The molecule has 3 rings (SSSR count). The van der Waals surface area contributed by atoms with Gasteiger partial charge >= 0.3 is 5.97 Å². The fourth-order valence-corrected chi connectivity index (χ4v) is 2.70. The first-order valence-electron chi connectivity index (χ1n) is 7.24. The third kappa shape index (κ3) is 2.87. The molecule has 22 heavy (non-hydrogen) atoms. The van der Waals surface area contributed by atoms with Crippen LogP contribution in [0.1, 0.15) is 11.3 Å². The van der Waals surface area contributed by atoms with E-state index >= 15 is 0 Å². The number of hydrogen-bond donors (Lipinski definition) is 2. The van der Waals surface area contributed by atoms with Crippen molar-refractivity contribution in [3.8, 4) is 0 Å². The maximum atomic E-state index is 11.1. The van der Waals surface area contributed by atoms with Crippen LogP contribution in [0, 0.1) is 0 Å². The number of aromatic nitrogens is 1. The molecule has 0 saturated heterocycles. The normalized spacial score (nSPS) is 12.4. The lowest BCUT2D eigenvalue weighted by atomic mass is 10.1. The van der Waals surface area contributed by atoms with E-state index in [9.17, 15) is 4.79 Å². The van der Waals surface area contributed by atoms with Crippen LogP contribution in [0.2, 0.25) is 0 Å². The van der Waals surface area contributed by atoms with E-state index in [0.29, 0.717) is 13.0 Å². The maximum Gasteiger partial charge on any atom is 0.320 e. The van der Waals surface area contributed by atoms with Crippen LogP contribution >= 0.6 is 0 Å². The number of nitrogens with zero attached hydrogens (tertiary/aromatic N) is 1. The van der Waals surface area contributed by atoms with Crippen molar-refractivity contribution in [2.45, 2.75) is 19.0 Å². The van der Waals surface area contributed by atoms with Gasteiger partial charge in [-0.1, -0.05) is 48.5 Å². The van der Waals surface area contributed by atoms with Gasteiger partial charge in [0.25, 0.3) is 0 Å². The summed E-state index contributed by atoms with van der Waals surface area (Å²) in [4.78, 5) is 11.1. The zero-order valence-corrected chi connectivity index (χ0v) is 12.1. The quantitative estimate of drug-likeness (QED) is 0.760. The van der Waals surface area contributed by atoms with E-state index in [2.05, 4.69) is 16.7 Å². The molecule has 4 nitrogen and oxygen atoms in total. The van der Waals surface area contributed by atoms with Gasteiger partial charge in [-0.25, -0.2) is 0 Å². The molecular weight excluding hydrogens is 276 g/mol. The molecule has 1 heterocycles. The van der Waals surface area contributed by atoms with E-state index in [4.69, 9.17) is 10.8 Å². The van der Waals surface area contributed by atoms with Gasteiger partial charge in [0.1, 0.15) is 6.04 Å². The Labute approximate surface area is 128 Å². The van der Waals surface area contributed by atoms with Crippen LogP contribution in [0.15, 0.2) is 60.7 Å². The summed E-state index contributed by atoms with van der Waals surface area (Å²) in [5.74, 6) is -0.975. The summed E-state index contributed by atoms with van der Waals surface area (Å²) in [6.07, 6.45) is 0.316. The van der Waals surface area contributed by atoms with Gasteiger partial charge < -0.3 is 15.4 Å².